The number of aryl methyl sites for hydroxylation is 2. The van der Waals surface area contributed by atoms with Gasteiger partial charge in [-0.05, 0) is 31.0 Å². The second-order valence-electron chi connectivity index (χ2n) is 6.55. The van der Waals surface area contributed by atoms with Crippen molar-refractivity contribution in [2.24, 2.45) is 10.7 Å². The summed E-state index contributed by atoms with van der Waals surface area (Å²) in [5, 5.41) is 8.80. The molecule has 0 aliphatic rings. The molecule has 0 radical (unpaired) electrons. The summed E-state index contributed by atoms with van der Waals surface area (Å²) in [6.45, 7) is 1.71. The number of hydrogen-bond donors (Lipinski definition) is 1. The average molecular weight is 447 g/mol. The van der Waals surface area contributed by atoms with E-state index in [1.54, 1.807) is 14.0 Å². The molecule has 0 aliphatic heterocycles. The predicted molar refractivity (Wildman–Crippen MR) is 117 cm³/mol. The second-order valence-corrected chi connectivity index (χ2v) is 7.36. The number of nitrogens with two attached hydrogens (primary N) is 1. The van der Waals surface area contributed by atoms with Crippen LogP contribution in [-0.2, 0) is 19.4 Å². The maximum atomic E-state index is 12.6. The highest BCUT2D eigenvalue weighted by Gasteiger charge is 2.16. The van der Waals surface area contributed by atoms with Crippen molar-refractivity contribution in [2.45, 2.75) is 26.3 Å². The third kappa shape index (κ3) is 5.14. The molecule has 156 valence electrons. The van der Waals surface area contributed by atoms with Gasteiger partial charge in [-0.3, -0.25) is 9.79 Å². The summed E-state index contributed by atoms with van der Waals surface area (Å²) in [6, 6.07) is 7.57. The van der Waals surface area contributed by atoms with Gasteiger partial charge in [0.15, 0.2) is 5.82 Å². The monoisotopic (exact) mass is 446 g/mol. The van der Waals surface area contributed by atoms with Gasteiger partial charge < -0.3 is 10.3 Å². The molecule has 0 unspecified atom stereocenters. The molecular weight excluding hydrogens is 427 g/mol. The number of nitrogens with zero attached hydrogens (tertiary/aromatic N) is 5. The molecular formula is C20H20Cl2N6O2. The van der Waals surface area contributed by atoms with Crippen molar-refractivity contribution < 1.29 is 4.52 Å². The molecule has 0 bridgehead atoms. The minimum absolute atomic E-state index is 0.00724. The van der Waals surface area contributed by atoms with Crippen molar-refractivity contribution in [3.05, 3.63) is 79.4 Å². The molecule has 0 atom stereocenters. The predicted octanol–water partition coefficient (Wildman–Crippen LogP) is 3.16. The van der Waals surface area contributed by atoms with Crippen LogP contribution in [0.5, 0.6) is 0 Å². The Balaban J connectivity index is 1.74. The van der Waals surface area contributed by atoms with E-state index in [9.17, 15) is 4.79 Å². The molecule has 8 nitrogen and oxygen atoms in total. The Bertz CT molecular complexity index is 1140. The van der Waals surface area contributed by atoms with E-state index in [0.717, 1.165) is 16.7 Å². The highest BCUT2D eigenvalue weighted by Crippen LogP contribution is 2.20. The summed E-state index contributed by atoms with van der Waals surface area (Å²) >= 11 is 12.2. The molecule has 0 saturated heterocycles. The zero-order chi connectivity index (χ0) is 21.7. The molecule has 2 aromatic heterocycles. The van der Waals surface area contributed by atoms with Crippen LogP contribution in [0.1, 0.15) is 29.8 Å². The fourth-order valence-corrected chi connectivity index (χ4v) is 3.14. The standard InChI is InChI=1S/C20H20Cl2N6O2/c1-12(23)15(9-24-2)16-10-25-28(20(29)19(16)22)11-18-26-17(27-30-18)8-5-13-3-6-14(21)7-4-13/h3-4,6-7,9-10H,5,8,11,23H2,1-2H3/b15-12+,24-9?. The fraction of sp³-hybridized carbons (Fsp3) is 0.250. The van der Waals surface area contributed by atoms with Crippen molar-refractivity contribution >= 4 is 35.0 Å². The van der Waals surface area contributed by atoms with Gasteiger partial charge in [-0.2, -0.15) is 10.1 Å². The minimum Gasteiger partial charge on any atom is -0.402 e. The van der Waals surface area contributed by atoms with Gasteiger partial charge in [0, 0.05) is 41.5 Å². The van der Waals surface area contributed by atoms with Gasteiger partial charge >= 0.3 is 0 Å². The first-order valence-electron chi connectivity index (χ1n) is 9.09. The molecule has 2 N–H and O–H groups in total. The van der Waals surface area contributed by atoms with E-state index in [1.807, 2.05) is 24.3 Å². The molecule has 0 aliphatic carbocycles. The van der Waals surface area contributed by atoms with Crippen molar-refractivity contribution in [1.29, 1.82) is 0 Å². The lowest BCUT2D eigenvalue weighted by atomic mass is 10.1. The van der Waals surface area contributed by atoms with E-state index in [-0.39, 0.29) is 17.5 Å². The number of halogens is 2. The van der Waals surface area contributed by atoms with Crippen LogP contribution in [0.25, 0.3) is 5.57 Å². The van der Waals surface area contributed by atoms with E-state index in [4.69, 9.17) is 33.5 Å². The summed E-state index contributed by atoms with van der Waals surface area (Å²) in [6.07, 6.45) is 4.33. The Morgan fingerprint density at radius 1 is 1.27 bits per heavy atom. The van der Waals surface area contributed by atoms with E-state index >= 15 is 0 Å². The van der Waals surface area contributed by atoms with Crippen molar-refractivity contribution in [2.75, 3.05) is 7.05 Å². The number of hydrogen-bond acceptors (Lipinski definition) is 7. The van der Waals surface area contributed by atoms with Crippen LogP contribution in [0.4, 0.5) is 0 Å². The van der Waals surface area contributed by atoms with Gasteiger partial charge in [-0.15, -0.1) is 0 Å². The lowest BCUT2D eigenvalue weighted by Gasteiger charge is -2.08. The van der Waals surface area contributed by atoms with Crippen LogP contribution in [0.2, 0.25) is 10.0 Å². The Labute approximate surface area is 183 Å². The number of aromatic nitrogens is 4. The molecule has 3 aromatic rings. The SMILES string of the molecule is CN=C/C(=C(/C)N)c1cnn(Cc2nc(CCc3ccc(Cl)cc3)no2)c(=O)c1Cl. The van der Waals surface area contributed by atoms with Gasteiger partial charge in [-0.1, -0.05) is 40.5 Å². The smallest absolute Gasteiger partial charge is 0.286 e. The zero-order valence-electron chi connectivity index (χ0n) is 16.5. The van der Waals surface area contributed by atoms with Gasteiger partial charge in [0.25, 0.3) is 5.56 Å². The minimum atomic E-state index is -0.488. The third-order valence-corrected chi connectivity index (χ3v) is 4.92. The normalized spacial score (nSPS) is 12.4. The highest BCUT2D eigenvalue weighted by atomic mass is 35.5. The maximum absolute atomic E-state index is 12.6. The van der Waals surface area contributed by atoms with Crippen molar-refractivity contribution in [1.82, 2.24) is 19.9 Å². The molecule has 1 aromatic carbocycles. The average Bonchev–Trinajstić information content (AvgIpc) is 3.17. The van der Waals surface area contributed by atoms with E-state index in [0.29, 0.717) is 34.1 Å². The Morgan fingerprint density at radius 2 is 2.00 bits per heavy atom. The maximum Gasteiger partial charge on any atom is 0.286 e. The summed E-state index contributed by atoms with van der Waals surface area (Å²) < 4.78 is 6.41. The largest absolute Gasteiger partial charge is 0.402 e. The Kier molecular flexibility index (Phi) is 7.02. The van der Waals surface area contributed by atoms with Crippen molar-refractivity contribution in [3.63, 3.8) is 0 Å². The van der Waals surface area contributed by atoms with Gasteiger partial charge in [0.1, 0.15) is 11.6 Å². The van der Waals surface area contributed by atoms with Crippen LogP contribution in [-0.4, -0.2) is 33.2 Å². The quantitative estimate of drug-likeness (QED) is 0.557. The lowest BCUT2D eigenvalue weighted by molar-refractivity contribution is 0.358. The molecule has 30 heavy (non-hydrogen) atoms. The van der Waals surface area contributed by atoms with Crippen LogP contribution < -0.4 is 11.3 Å². The third-order valence-electron chi connectivity index (χ3n) is 4.30. The molecule has 0 fully saturated rings. The summed E-state index contributed by atoms with van der Waals surface area (Å²) in [4.78, 5) is 20.9. The topological polar surface area (TPSA) is 112 Å². The summed E-state index contributed by atoms with van der Waals surface area (Å²) in [7, 11) is 1.60. The number of aliphatic imine (C=N–C) groups is 1. The van der Waals surface area contributed by atoms with Crippen molar-refractivity contribution in [3.8, 4) is 0 Å². The highest BCUT2D eigenvalue weighted by molar-refractivity contribution is 6.33. The summed E-state index contributed by atoms with van der Waals surface area (Å²) in [5.41, 5.74) is 7.93. The van der Waals surface area contributed by atoms with Crippen LogP contribution in [0.3, 0.4) is 0 Å². The van der Waals surface area contributed by atoms with Gasteiger partial charge in [0.2, 0.25) is 5.89 Å². The number of benzene rings is 1. The molecule has 10 heteroatoms. The van der Waals surface area contributed by atoms with Crippen LogP contribution >= 0.6 is 23.2 Å². The van der Waals surface area contributed by atoms with E-state index in [2.05, 4.69) is 20.2 Å². The first-order valence-corrected chi connectivity index (χ1v) is 9.85. The lowest BCUT2D eigenvalue weighted by Crippen LogP contribution is -2.25. The first-order chi connectivity index (χ1) is 14.4. The molecule has 0 amide bonds. The second kappa shape index (κ2) is 9.69. The first kappa shape index (κ1) is 21.7. The van der Waals surface area contributed by atoms with Gasteiger partial charge in [-0.25, -0.2) is 4.68 Å². The molecule has 2 heterocycles. The molecule has 0 saturated carbocycles. The van der Waals surface area contributed by atoms with E-state index < -0.39 is 5.56 Å². The molecule has 0 spiro atoms. The number of rotatable bonds is 7. The fourth-order valence-electron chi connectivity index (χ4n) is 2.77. The summed E-state index contributed by atoms with van der Waals surface area (Å²) in [5.74, 6) is 0.805. The number of allylic oxidation sites excluding steroid dienone is 2. The van der Waals surface area contributed by atoms with Gasteiger partial charge in [0.05, 0.1) is 6.20 Å². The zero-order valence-corrected chi connectivity index (χ0v) is 18.0. The van der Waals surface area contributed by atoms with Crippen LogP contribution in [0.15, 0.2) is 50.5 Å². The Morgan fingerprint density at radius 3 is 2.67 bits per heavy atom. The Hall–Kier alpha value is -2.97. The van der Waals surface area contributed by atoms with E-state index in [1.165, 1.54) is 12.4 Å². The molecule has 3 rings (SSSR count). The van der Waals surface area contributed by atoms with Crippen LogP contribution in [0, 0.1) is 0 Å².